The largest absolute Gasteiger partial charge is 0.463 e. The maximum Gasteiger partial charge on any atom is 0.408 e. The molecule has 2 aromatic heterocycles. The molecule has 1 aliphatic heterocycles. The van der Waals surface area contributed by atoms with E-state index in [0.717, 1.165) is 32.1 Å². The Bertz CT molecular complexity index is 1650. The van der Waals surface area contributed by atoms with Crippen molar-refractivity contribution in [2.45, 2.75) is 136 Å². The van der Waals surface area contributed by atoms with Crippen LogP contribution in [0.15, 0.2) is 18.5 Å². The van der Waals surface area contributed by atoms with Gasteiger partial charge in [0.2, 0.25) is 11.5 Å². The minimum atomic E-state index is -2.19. The zero-order chi connectivity index (χ0) is 38.6. The lowest BCUT2D eigenvalue weighted by Crippen LogP contribution is -2.53. The predicted molar refractivity (Wildman–Crippen MR) is 188 cm³/mol. The number of aliphatic hydroxyl groups is 1. The highest BCUT2D eigenvalue weighted by atomic mass is 16.6. The molecule has 6 atom stereocenters. The molecule has 3 N–H and O–H groups in total. The first kappa shape index (κ1) is 40.5. The number of nitriles is 1. The molecule has 2 fully saturated rings. The van der Waals surface area contributed by atoms with Gasteiger partial charge in [-0.05, 0) is 63.0 Å². The maximum atomic E-state index is 13.9. The lowest BCUT2D eigenvalue weighted by molar-refractivity contribution is -0.164. The minimum absolute atomic E-state index is 0.0589. The van der Waals surface area contributed by atoms with Crippen LogP contribution in [0.5, 0.6) is 0 Å². The fourth-order valence-corrected chi connectivity index (χ4v) is 6.40. The van der Waals surface area contributed by atoms with Gasteiger partial charge >= 0.3 is 18.0 Å². The number of nitrogens with one attached hydrogen (secondary N) is 2. The van der Waals surface area contributed by atoms with Crippen LogP contribution in [-0.2, 0) is 38.9 Å². The summed E-state index contributed by atoms with van der Waals surface area (Å²) >= 11 is 0. The third-order valence-electron chi connectivity index (χ3n) is 9.69. The third kappa shape index (κ3) is 9.38. The summed E-state index contributed by atoms with van der Waals surface area (Å²) in [5, 5.41) is 32.3. The number of nitrogens with zero attached hydrogens (tertiary/aromatic N) is 4. The van der Waals surface area contributed by atoms with E-state index in [1.165, 1.54) is 16.9 Å². The molecule has 1 saturated heterocycles. The average Bonchev–Trinajstić information content (AvgIpc) is 3.61. The highest BCUT2D eigenvalue weighted by Crippen LogP contribution is 2.42. The summed E-state index contributed by atoms with van der Waals surface area (Å²) in [4.78, 5) is 56.7. The Labute approximate surface area is 305 Å². The Morgan fingerprint density at radius 1 is 1.10 bits per heavy atom. The number of alkyl carbamates (subject to hydrolysis) is 1. The van der Waals surface area contributed by atoms with E-state index >= 15 is 0 Å². The molecule has 2 aliphatic rings. The smallest absolute Gasteiger partial charge is 0.408 e. The lowest BCUT2D eigenvalue weighted by Gasteiger charge is -2.32. The number of carbonyl (C=O) groups excluding carboxylic acids is 4. The second-order valence-electron chi connectivity index (χ2n) is 16.3. The van der Waals surface area contributed by atoms with Gasteiger partial charge in [-0.3, -0.25) is 9.59 Å². The second-order valence-corrected chi connectivity index (χ2v) is 16.3. The number of amides is 2. The van der Waals surface area contributed by atoms with Gasteiger partial charge in [0.05, 0.1) is 5.69 Å². The molecule has 2 aromatic rings. The highest BCUT2D eigenvalue weighted by Gasteiger charge is 2.60. The van der Waals surface area contributed by atoms with E-state index < -0.39 is 65.6 Å². The number of hydrogen-bond donors (Lipinski definition) is 3. The fraction of sp³-hybridized carbons (Fsp3) is 0.703. The minimum Gasteiger partial charge on any atom is -0.463 e. The SMILES string of the molecule is CC(C)[C@H](C)C(=O)Nc1ncnn2c([C@]3(C#N)O[C@H](COC(=O)CC4CCCCC4)[C@@H](OC(=O)[C@@H](NC(=O)OC(C)(C)C)C(C)(C)C)[C@H]3O)ccc12. The van der Waals surface area contributed by atoms with Crippen LogP contribution < -0.4 is 10.6 Å². The van der Waals surface area contributed by atoms with E-state index in [-0.39, 0.29) is 41.6 Å². The molecule has 3 heterocycles. The number of carbonyl (C=O) groups is 4. The molecule has 52 heavy (non-hydrogen) atoms. The van der Waals surface area contributed by atoms with Crippen molar-refractivity contribution in [2.75, 3.05) is 11.9 Å². The Hall–Kier alpha value is -4.29. The molecule has 2 amide bonds. The van der Waals surface area contributed by atoms with Crippen LogP contribution in [0.3, 0.4) is 0 Å². The van der Waals surface area contributed by atoms with Crippen molar-refractivity contribution in [2.24, 2.45) is 23.2 Å². The average molecular weight is 727 g/mol. The molecule has 286 valence electrons. The number of aromatic nitrogens is 3. The van der Waals surface area contributed by atoms with Crippen LogP contribution in [0.25, 0.3) is 5.52 Å². The first-order chi connectivity index (χ1) is 24.3. The van der Waals surface area contributed by atoms with Crippen LogP contribution in [0.2, 0.25) is 0 Å². The van der Waals surface area contributed by atoms with Crippen LogP contribution in [0.4, 0.5) is 10.6 Å². The Balaban J connectivity index is 1.67. The zero-order valence-electron chi connectivity index (χ0n) is 31.7. The molecule has 15 heteroatoms. The number of anilines is 1. The van der Waals surface area contributed by atoms with Crippen molar-refractivity contribution >= 4 is 35.3 Å². The van der Waals surface area contributed by atoms with Crippen molar-refractivity contribution in [3.8, 4) is 6.07 Å². The molecule has 0 spiro atoms. The van der Waals surface area contributed by atoms with Crippen LogP contribution in [0, 0.1) is 34.5 Å². The summed E-state index contributed by atoms with van der Waals surface area (Å²) in [5.41, 5.74) is -3.53. The Kier molecular flexibility index (Phi) is 12.6. The van der Waals surface area contributed by atoms with Gasteiger partial charge in [-0.15, -0.1) is 0 Å². The molecule has 0 aromatic carbocycles. The molecular formula is C37H54N6O9. The topological polar surface area (TPSA) is 203 Å². The van der Waals surface area contributed by atoms with Gasteiger partial charge in [-0.2, -0.15) is 10.4 Å². The molecule has 4 rings (SSSR count). The second kappa shape index (κ2) is 16.2. The number of rotatable bonds is 11. The summed E-state index contributed by atoms with van der Waals surface area (Å²) in [5.74, 6) is -1.55. The summed E-state index contributed by atoms with van der Waals surface area (Å²) < 4.78 is 24.5. The molecule has 0 radical (unpaired) electrons. The highest BCUT2D eigenvalue weighted by molar-refractivity contribution is 5.95. The van der Waals surface area contributed by atoms with Crippen LogP contribution in [0.1, 0.15) is 107 Å². The van der Waals surface area contributed by atoms with Gasteiger partial charge in [0.25, 0.3) is 0 Å². The number of ether oxygens (including phenoxy) is 4. The number of esters is 2. The van der Waals surface area contributed by atoms with Gasteiger partial charge in [0.15, 0.2) is 11.9 Å². The van der Waals surface area contributed by atoms with E-state index in [4.69, 9.17) is 18.9 Å². The van der Waals surface area contributed by atoms with Crippen molar-refractivity contribution in [1.29, 1.82) is 5.26 Å². The molecule has 15 nitrogen and oxygen atoms in total. The first-order valence-corrected chi connectivity index (χ1v) is 18.0. The number of aliphatic hydroxyl groups excluding tert-OH is 1. The lowest BCUT2D eigenvalue weighted by atomic mass is 9.86. The Morgan fingerprint density at radius 3 is 2.37 bits per heavy atom. The molecule has 1 saturated carbocycles. The normalized spacial score (nSPS) is 23.8. The first-order valence-electron chi connectivity index (χ1n) is 18.0. The number of fused-ring (bicyclic) bond motifs is 1. The van der Waals surface area contributed by atoms with E-state index in [0.29, 0.717) is 5.52 Å². The van der Waals surface area contributed by atoms with E-state index in [9.17, 15) is 29.5 Å². The third-order valence-corrected chi connectivity index (χ3v) is 9.69. The van der Waals surface area contributed by atoms with Crippen molar-refractivity contribution < 1.29 is 43.2 Å². The molecule has 0 unspecified atom stereocenters. The van der Waals surface area contributed by atoms with E-state index in [1.54, 1.807) is 54.5 Å². The van der Waals surface area contributed by atoms with Gasteiger partial charge in [-0.1, -0.05) is 60.8 Å². The maximum absolute atomic E-state index is 13.9. The Morgan fingerprint density at radius 2 is 1.77 bits per heavy atom. The van der Waals surface area contributed by atoms with Crippen molar-refractivity contribution in [3.05, 3.63) is 24.2 Å². The zero-order valence-corrected chi connectivity index (χ0v) is 31.7. The van der Waals surface area contributed by atoms with Gasteiger partial charge in [0.1, 0.15) is 48.4 Å². The summed E-state index contributed by atoms with van der Waals surface area (Å²) in [6.45, 7) is 15.4. The summed E-state index contributed by atoms with van der Waals surface area (Å²) in [6, 6.07) is 3.87. The van der Waals surface area contributed by atoms with Gasteiger partial charge in [-0.25, -0.2) is 19.1 Å². The molecular weight excluding hydrogens is 672 g/mol. The van der Waals surface area contributed by atoms with Crippen LogP contribution >= 0.6 is 0 Å². The monoisotopic (exact) mass is 726 g/mol. The summed E-state index contributed by atoms with van der Waals surface area (Å²) in [6.07, 6.45) is 0.965. The van der Waals surface area contributed by atoms with Gasteiger partial charge < -0.3 is 34.7 Å². The standard InChI is InChI=1S/C37H54N6O9/c1-21(2)22(3)32(46)42-31-24-15-16-26(43(24)40-20-39-31)37(19-38)30(45)28(25(51-37)18-49-27(44)17-23-13-11-10-12-14-23)50-33(47)29(35(4,5)6)41-34(48)52-36(7,8)9/h15-16,20-23,25,28-30,45H,10-14,17-18H2,1-9H3,(H,41,48)(H,39,40,42,46)/t22-,25+,28+,29+,30+,37-/m0/s1. The quantitative estimate of drug-likeness (QED) is 0.211. The predicted octanol–water partition coefficient (Wildman–Crippen LogP) is 4.80. The summed E-state index contributed by atoms with van der Waals surface area (Å²) in [7, 11) is 0. The van der Waals surface area contributed by atoms with E-state index in [1.807, 2.05) is 13.8 Å². The van der Waals surface area contributed by atoms with Crippen LogP contribution in [-0.4, -0.2) is 80.2 Å². The van der Waals surface area contributed by atoms with Gasteiger partial charge in [0, 0.05) is 12.3 Å². The van der Waals surface area contributed by atoms with Crippen molar-refractivity contribution in [3.63, 3.8) is 0 Å². The fourth-order valence-electron chi connectivity index (χ4n) is 6.40. The molecule has 0 bridgehead atoms. The van der Waals surface area contributed by atoms with Crippen molar-refractivity contribution in [1.82, 2.24) is 19.9 Å². The number of hydrogen-bond acceptors (Lipinski definition) is 12. The van der Waals surface area contributed by atoms with E-state index in [2.05, 4.69) is 26.8 Å². The molecule has 1 aliphatic carbocycles.